The molecule has 0 heterocycles. The van der Waals surface area contributed by atoms with Gasteiger partial charge in [-0.1, -0.05) is 49.2 Å². The average Bonchev–Trinajstić information content (AvgIpc) is 2.79. The van der Waals surface area contributed by atoms with E-state index < -0.39 is 39.3 Å². The highest BCUT2D eigenvalue weighted by atomic mass is 35.5. The molecule has 2 amide bonds. The van der Waals surface area contributed by atoms with E-state index in [1.165, 1.54) is 30.0 Å². The van der Waals surface area contributed by atoms with Crippen molar-refractivity contribution in [3.8, 4) is 0 Å². The van der Waals surface area contributed by atoms with E-state index in [0.717, 1.165) is 16.6 Å². The van der Waals surface area contributed by atoms with Gasteiger partial charge in [0.1, 0.15) is 12.6 Å². The molecule has 0 saturated heterocycles. The molecule has 202 valence electrons. The molecule has 2 aromatic carbocycles. The van der Waals surface area contributed by atoms with Crippen molar-refractivity contribution >= 4 is 56.4 Å². The molecule has 2 rings (SSSR count). The number of amides is 2. The van der Waals surface area contributed by atoms with Crippen LogP contribution in [0.2, 0.25) is 10.0 Å². The van der Waals surface area contributed by atoms with Gasteiger partial charge in [-0.05, 0) is 43.0 Å². The Kier molecular flexibility index (Phi) is 10.3. The van der Waals surface area contributed by atoms with Crippen LogP contribution in [0.3, 0.4) is 0 Å². The number of hydrogen-bond acceptors (Lipinski definition) is 6. The van der Waals surface area contributed by atoms with Gasteiger partial charge in [-0.2, -0.15) is 0 Å². The first-order chi connectivity index (χ1) is 17.1. The lowest BCUT2D eigenvalue weighted by atomic mass is 10.1. The Morgan fingerprint density at radius 3 is 2.30 bits per heavy atom. The van der Waals surface area contributed by atoms with Crippen molar-refractivity contribution in [1.82, 2.24) is 10.2 Å². The molecule has 10 nitrogen and oxygen atoms in total. The number of sulfonamides is 1. The minimum Gasteiger partial charge on any atom is -0.354 e. The van der Waals surface area contributed by atoms with E-state index in [0.29, 0.717) is 22.7 Å². The number of nitro groups is 1. The van der Waals surface area contributed by atoms with Gasteiger partial charge >= 0.3 is 0 Å². The molecule has 0 aromatic heterocycles. The maximum absolute atomic E-state index is 13.6. The highest BCUT2D eigenvalue weighted by Gasteiger charge is 2.31. The minimum absolute atomic E-state index is 0.00793. The predicted molar refractivity (Wildman–Crippen MR) is 144 cm³/mol. The Morgan fingerprint density at radius 2 is 1.76 bits per heavy atom. The normalized spacial score (nSPS) is 12.2. The highest BCUT2D eigenvalue weighted by molar-refractivity contribution is 7.92. The molecule has 0 radical (unpaired) electrons. The molecule has 0 saturated carbocycles. The third-order valence-corrected chi connectivity index (χ3v) is 7.27. The smallest absolute Gasteiger partial charge is 0.271 e. The van der Waals surface area contributed by atoms with Gasteiger partial charge in [0.05, 0.1) is 16.9 Å². The van der Waals surface area contributed by atoms with Gasteiger partial charge in [-0.3, -0.25) is 24.0 Å². The Labute approximate surface area is 226 Å². The van der Waals surface area contributed by atoms with Crippen LogP contribution in [0.4, 0.5) is 11.4 Å². The van der Waals surface area contributed by atoms with Crippen LogP contribution in [0.25, 0.3) is 0 Å². The number of nitro benzene ring substituents is 1. The lowest BCUT2D eigenvalue weighted by Gasteiger charge is -2.32. The second-order valence-corrected chi connectivity index (χ2v) is 11.8. The number of nitrogens with one attached hydrogen (secondary N) is 1. The number of carbonyl (C=O) groups is 2. The van der Waals surface area contributed by atoms with Crippen molar-refractivity contribution in [2.75, 3.05) is 23.7 Å². The van der Waals surface area contributed by atoms with Gasteiger partial charge in [0.25, 0.3) is 5.69 Å². The summed E-state index contributed by atoms with van der Waals surface area (Å²) < 4.78 is 26.2. The first-order valence-corrected chi connectivity index (χ1v) is 14.0. The van der Waals surface area contributed by atoms with Crippen molar-refractivity contribution < 1.29 is 22.9 Å². The number of anilines is 1. The standard InChI is InChI=1S/C24H30Cl2N4O6S/c1-15(2)12-27-24(32)17(4)28(13-18-7-8-19(25)10-21(18)26)23(31)14-29(37(5,35)36)22-11-20(30(33)34)9-6-16(22)3/h6-11,15,17H,12-14H2,1-5H3,(H,27,32)/t17-/m1/s1. The molecule has 0 aliphatic carbocycles. The van der Waals surface area contributed by atoms with Crippen LogP contribution in [0.5, 0.6) is 0 Å². The van der Waals surface area contributed by atoms with Crippen LogP contribution in [-0.2, 0) is 26.2 Å². The van der Waals surface area contributed by atoms with E-state index in [9.17, 15) is 28.1 Å². The largest absolute Gasteiger partial charge is 0.354 e. The molecule has 0 aliphatic rings. The van der Waals surface area contributed by atoms with E-state index >= 15 is 0 Å². The molecule has 0 fully saturated rings. The highest BCUT2D eigenvalue weighted by Crippen LogP contribution is 2.28. The van der Waals surface area contributed by atoms with Gasteiger partial charge in [0, 0.05) is 35.3 Å². The minimum atomic E-state index is -4.05. The van der Waals surface area contributed by atoms with Gasteiger partial charge in [0.15, 0.2) is 0 Å². The SMILES string of the molecule is Cc1ccc([N+](=O)[O-])cc1N(CC(=O)N(Cc1ccc(Cl)cc1Cl)[C@H](C)C(=O)NCC(C)C)S(C)(=O)=O. The van der Waals surface area contributed by atoms with Gasteiger partial charge in [0.2, 0.25) is 21.8 Å². The fourth-order valence-corrected chi connectivity index (χ4v) is 4.81. The van der Waals surface area contributed by atoms with Crippen LogP contribution in [0.15, 0.2) is 36.4 Å². The number of halogens is 2. The van der Waals surface area contributed by atoms with Crippen molar-refractivity contribution in [2.45, 2.75) is 40.3 Å². The topological polar surface area (TPSA) is 130 Å². The zero-order valence-electron chi connectivity index (χ0n) is 21.2. The maximum Gasteiger partial charge on any atom is 0.271 e. The van der Waals surface area contributed by atoms with Crippen LogP contribution in [0, 0.1) is 23.0 Å². The summed E-state index contributed by atoms with van der Waals surface area (Å²) in [5.74, 6) is -0.956. The molecule has 1 atom stereocenters. The maximum atomic E-state index is 13.6. The van der Waals surface area contributed by atoms with Crippen molar-refractivity contribution in [2.24, 2.45) is 5.92 Å². The Balaban J connectivity index is 2.49. The predicted octanol–water partition coefficient (Wildman–Crippen LogP) is 4.17. The Bertz CT molecular complexity index is 1290. The fraction of sp³-hybridized carbons (Fsp3) is 0.417. The Hall–Kier alpha value is -2.89. The average molecular weight is 573 g/mol. The summed E-state index contributed by atoms with van der Waals surface area (Å²) in [6.45, 7) is 6.55. The molecule has 37 heavy (non-hydrogen) atoms. The summed E-state index contributed by atoms with van der Waals surface area (Å²) in [4.78, 5) is 38.4. The number of rotatable bonds is 11. The zero-order valence-corrected chi connectivity index (χ0v) is 23.5. The van der Waals surface area contributed by atoms with E-state index in [1.54, 1.807) is 19.1 Å². The van der Waals surface area contributed by atoms with Crippen LogP contribution in [-0.4, -0.2) is 55.4 Å². The molecule has 0 unspecified atom stereocenters. The summed E-state index contributed by atoms with van der Waals surface area (Å²) >= 11 is 12.3. The number of nitrogens with zero attached hydrogens (tertiary/aromatic N) is 3. The first-order valence-electron chi connectivity index (χ1n) is 11.4. The van der Waals surface area contributed by atoms with Crippen LogP contribution in [0.1, 0.15) is 31.9 Å². The fourth-order valence-electron chi connectivity index (χ4n) is 3.44. The zero-order chi connectivity index (χ0) is 28.1. The summed E-state index contributed by atoms with van der Waals surface area (Å²) in [5.41, 5.74) is 0.582. The van der Waals surface area contributed by atoms with E-state index in [4.69, 9.17) is 23.2 Å². The van der Waals surface area contributed by atoms with E-state index in [1.807, 2.05) is 13.8 Å². The van der Waals surface area contributed by atoms with E-state index in [-0.39, 0.29) is 28.9 Å². The molecule has 0 aliphatic heterocycles. The Morgan fingerprint density at radius 1 is 1.11 bits per heavy atom. The summed E-state index contributed by atoms with van der Waals surface area (Å²) in [6, 6.07) is 7.47. The lowest BCUT2D eigenvalue weighted by molar-refractivity contribution is -0.384. The van der Waals surface area contributed by atoms with Crippen molar-refractivity contribution in [3.05, 3.63) is 67.7 Å². The summed E-state index contributed by atoms with van der Waals surface area (Å²) in [5, 5.41) is 14.7. The number of benzene rings is 2. The molecule has 13 heteroatoms. The quantitative estimate of drug-likeness (QED) is 0.317. The van der Waals surface area contributed by atoms with Gasteiger partial charge in [-0.25, -0.2) is 8.42 Å². The van der Waals surface area contributed by atoms with Crippen LogP contribution < -0.4 is 9.62 Å². The van der Waals surface area contributed by atoms with Crippen LogP contribution >= 0.6 is 23.2 Å². The van der Waals surface area contributed by atoms with Gasteiger partial charge < -0.3 is 10.2 Å². The number of non-ortho nitro benzene ring substituents is 1. The third kappa shape index (κ3) is 8.31. The molecular formula is C24H30Cl2N4O6S. The van der Waals surface area contributed by atoms with E-state index in [2.05, 4.69) is 5.32 Å². The lowest BCUT2D eigenvalue weighted by Crippen LogP contribution is -2.51. The van der Waals surface area contributed by atoms with Crippen molar-refractivity contribution in [1.29, 1.82) is 0 Å². The molecule has 0 spiro atoms. The second-order valence-electron chi connectivity index (χ2n) is 9.07. The number of carbonyl (C=O) groups excluding carboxylic acids is 2. The molecule has 0 bridgehead atoms. The number of hydrogen-bond donors (Lipinski definition) is 1. The molecular weight excluding hydrogens is 543 g/mol. The van der Waals surface area contributed by atoms with Gasteiger partial charge in [-0.15, -0.1) is 0 Å². The second kappa shape index (κ2) is 12.6. The molecule has 2 aromatic rings. The first kappa shape index (κ1) is 30.3. The summed E-state index contributed by atoms with van der Waals surface area (Å²) in [6.07, 6.45) is 0.901. The summed E-state index contributed by atoms with van der Waals surface area (Å²) in [7, 11) is -4.05. The van der Waals surface area contributed by atoms with Crippen molar-refractivity contribution in [3.63, 3.8) is 0 Å². The third-order valence-electron chi connectivity index (χ3n) is 5.56. The monoisotopic (exact) mass is 572 g/mol. The molecule has 1 N–H and O–H groups in total. The number of aryl methyl sites for hydroxylation is 1.